The van der Waals surface area contributed by atoms with Crippen molar-refractivity contribution in [2.45, 2.75) is 38.6 Å². The third kappa shape index (κ3) is 6.75. The van der Waals surface area contributed by atoms with Crippen LogP contribution in [0.2, 0.25) is 0 Å². The number of hydrogen-bond donors (Lipinski definition) is 2. The molecule has 7 heteroatoms. The van der Waals surface area contributed by atoms with E-state index in [0.29, 0.717) is 12.5 Å². The second kappa shape index (κ2) is 11.4. The number of amides is 1. The van der Waals surface area contributed by atoms with Crippen molar-refractivity contribution in [2.24, 2.45) is 10.7 Å². The summed E-state index contributed by atoms with van der Waals surface area (Å²) in [6.45, 7) is 4.66. The van der Waals surface area contributed by atoms with Gasteiger partial charge in [-0.3, -0.25) is 14.7 Å². The van der Waals surface area contributed by atoms with E-state index in [0.717, 1.165) is 44.5 Å². The van der Waals surface area contributed by atoms with E-state index in [1.807, 2.05) is 26.2 Å². The largest absolute Gasteiger partial charge is 0.370 e. The summed E-state index contributed by atoms with van der Waals surface area (Å²) in [5.74, 6) is 0.643. The van der Waals surface area contributed by atoms with Gasteiger partial charge in [-0.25, -0.2) is 0 Å². The Bertz CT molecular complexity index is 588. The highest BCUT2D eigenvalue weighted by Gasteiger charge is 2.30. The van der Waals surface area contributed by atoms with Crippen LogP contribution in [0.5, 0.6) is 0 Å². The topological polar surface area (TPSA) is 74.0 Å². The monoisotopic (exact) mass is 473 g/mol. The minimum atomic E-state index is 0. The summed E-state index contributed by atoms with van der Waals surface area (Å²) in [4.78, 5) is 20.5. The summed E-state index contributed by atoms with van der Waals surface area (Å²) < 4.78 is 0. The van der Waals surface area contributed by atoms with E-state index >= 15 is 0 Å². The SMILES string of the molecule is CCc1ccc(NC(N)=NCCCN2CCCC2C(=O)N(C)C)cc1.I. The summed E-state index contributed by atoms with van der Waals surface area (Å²) in [5.41, 5.74) is 8.20. The van der Waals surface area contributed by atoms with Gasteiger partial charge in [-0.05, 0) is 49.9 Å². The molecule has 146 valence electrons. The van der Waals surface area contributed by atoms with Crippen molar-refractivity contribution in [3.8, 4) is 0 Å². The van der Waals surface area contributed by atoms with E-state index in [2.05, 4.69) is 34.3 Å². The standard InChI is InChI=1S/C19H31N5O.HI/c1-4-15-8-10-16(11-9-15)22-19(20)21-12-6-14-24-13-5-7-17(24)18(25)23(2)3;/h8-11,17H,4-7,12-14H2,1-3H3,(H3,20,21,22);1H. The molecule has 1 heterocycles. The molecule has 0 aromatic heterocycles. The zero-order valence-electron chi connectivity index (χ0n) is 16.1. The van der Waals surface area contributed by atoms with Gasteiger partial charge in [0, 0.05) is 32.9 Å². The lowest BCUT2D eigenvalue weighted by molar-refractivity contribution is -0.133. The van der Waals surface area contributed by atoms with Crippen molar-refractivity contribution in [1.29, 1.82) is 0 Å². The van der Waals surface area contributed by atoms with Gasteiger partial charge in [-0.15, -0.1) is 24.0 Å². The molecule has 1 atom stereocenters. The number of benzene rings is 1. The number of aryl methyl sites for hydroxylation is 1. The number of carbonyl (C=O) groups excluding carboxylic acids is 1. The van der Waals surface area contributed by atoms with Crippen LogP contribution >= 0.6 is 24.0 Å². The van der Waals surface area contributed by atoms with Crippen LogP contribution in [0.25, 0.3) is 0 Å². The van der Waals surface area contributed by atoms with Gasteiger partial charge in [0.2, 0.25) is 5.91 Å². The number of likely N-dealkylation sites (tertiary alicyclic amines) is 1. The lowest BCUT2D eigenvalue weighted by Gasteiger charge is -2.25. The Kier molecular flexibility index (Phi) is 9.93. The molecule has 0 radical (unpaired) electrons. The van der Waals surface area contributed by atoms with Crippen molar-refractivity contribution < 1.29 is 4.79 Å². The van der Waals surface area contributed by atoms with Gasteiger partial charge in [0.05, 0.1) is 6.04 Å². The summed E-state index contributed by atoms with van der Waals surface area (Å²) in [5, 5.41) is 3.12. The number of guanidine groups is 1. The van der Waals surface area contributed by atoms with Gasteiger partial charge >= 0.3 is 0 Å². The van der Waals surface area contributed by atoms with Crippen LogP contribution in [-0.2, 0) is 11.2 Å². The fourth-order valence-corrected chi connectivity index (χ4v) is 3.16. The highest BCUT2D eigenvalue weighted by atomic mass is 127. The molecule has 3 N–H and O–H groups in total. The number of rotatable bonds is 7. The second-order valence-corrected chi connectivity index (χ2v) is 6.72. The van der Waals surface area contributed by atoms with E-state index in [1.54, 1.807) is 4.90 Å². The molecule has 1 aromatic rings. The van der Waals surface area contributed by atoms with E-state index < -0.39 is 0 Å². The molecular weight excluding hydrogens is 441 g/mol. The predicted octanol–water partition coefficient (Wildman–Crippen LogP) is 2.54. The van der Waals surface area contributed by atoms with Gasteiger partial charge < -0.3 is 16.0 Å². The molecule has 2 rings (SSSR count). The lowest BCUT2D eigenvalue weighted by atomic mass is 10.1. The molecule has 1 aliphatic heterocycles. The molecular formula is C19H32IN5O. The molecule has 0 spiro atoms. The van der Waals surface area contributed by atoms with Gasteiger partial charge in [0.1, 0.15) is 0 Å². The maximum atomic E-state index is 12.2. The zero-order valence-corrected chi connectivity index (χ0v) is 18.4. The summed E-state index contributed by atoms with van der Waals surface area (Å²) in [6, 6.07) is 8.24. The number of carbonyl (C=O) groups is 1. The first-order valence-electron chi connectivity index (χ1n) is 9.12. The maximum absolute atomic E-state index is 12.2. The molecule has 1 aliphatic rings. The average molecular weight is 473 g/mol. The first kappa shape index (κ1) is 22.7. The van der Waals surface area contributed by atoms with E-state index in [4.69, 9.17) is 5.73 Å². The number of nitrogens with zero attached hydrogens (tertiary/aromatic N) is 3. The molecule has 6 nitrogen and oxygen atoms in total. The minimum Gasteiger partial charge on any atom is -0.370 e. The van der Waals surface area contributed by atoms with Gasteiger partial charge in [-0.1, -0.05) is 19.1 Å². The summed E-state index contributed by atoms with van der Waals surface area (Å²) in [7, 11) is 3.64. The third-order valence-corrected chi connectivity index (χ3v) is 4.61. The molecule has 1 saturated heterocycles. The highest BCUT2D eigenvalue weighted by Crippen LogP contribution is 2.18. The Morgan fingerprint density at radius 1 is 1.35 bits per heavy atom. The van der Waals surface area contributed by atoms with Crippen molar-refractivity contribution in [3.63, 3.8) is 0 Å². The Morgan fingerprint density at radius 2 is 2.04 bits per heavy atom. The van der Waals surface area contributed by atoms with E-state index in [9.17, 15) is 4.79 Å². The number of likely N-dealkylation sites (N-methyl/N-ethyl adjacent to an activating group) is 1. The molecule has 0 aliphatic carbocycles. The molecule has 0 bridgehead atoms. The minimum absolute atomic E-state index is 0. The predicted molar refractivity (Wildman–Crippen MR) is 119 cm³/mol. The molecule has 26 heavy (non-hydrogen) atoms. The summed E-state index contributed by atoms with van der Waals surface area (Å²) in [6.07, 6.45) is 3.97. The number of nitrogens with one attached hydrogen (secondary N) is 1. The average Bonchev–Trinajstić information content (AvgIpc) is 3.07. The van der Waals surface area contributed by atoms with Crippen molar-refractivity contribution >= 4 is 41.5 Å². The Morgan fingerprint density at radius 3 is 2.65 bits per heavy atom. The van der Waals surface area contributed by atoms with Crippen molar-refractivity contribution in [2.75, 3.05) is 39.0 Å². The number of aliphatic imine (C=N–C) groups is 1. The van der Waals surface area contributed by atoms with E-state index in [-0.39, 0.29) is 35.9 Å². The Hall–Kier alpha value is -1.35. The number of anilines is 1. The summed E-state index contributed by atoms with van der Waals surface area (Å²) >= 11 is 0. The fraction of sp³-hybridized carbons (Fsp3) is 0.579. The van der Waals surface area contributed by atoms with Crippen molar-refractivity contribution in [1.82, 2.24) is 9.80 Å². The normalized spacial score (nSPS) is 17.7. The molecule has 1 unspecified atom stereocenters. The van der Waals surface area contributed by atoms with Crippen LogP contribution in [0, 0.1) is 0 Å². The third-order valence-electron chi connectivity index (χ3n) is 4.61. The molecule has 1 fully saturated rings. The number of hydrogen-bond acceptors (Lipinski definition) is 3. The smallest absolute Gasteiger partial charge is 0.239 e. The van der Waals surface area contributed by atoms with Gasteiger partial charge in [0.15, 0.2) is 5.96 Å². The van der Waals surface area contributed by atoms with Crippen LogP contribution in [-0.4, -0.2) is 61.4 Å². The van der Waals surface area contributed by atoms with Crippen LogP contribution in [0.1, 0.15) is 31.7 Å². The maximum Gasteiger partial charge on any atom is 0.239 e. The van der Waals surface area contributed by atoms with Crippen LogP contribution in [0.15, 0.2) is 29.3 Å². The van der Waals surface area contributed by atoms with Crippen molar-refractivity contribution in [3.05, 3.63) is 29.8 Å². The number of nitrogens with two attached hydrogens (primary N) is 1. The first-order valence-corrected chi connectivity index (χ1v) is 9.12. The Balaban J connectivity index is 0.00000338. The van der Waals surface area contributed by atoms with Gasteiger partial charge in [0.25, 0.3) is 0 Å². The second-order valence-electron chi connectivity index (χ2n) is 6.72. The molecule has 1 amide bonds. The lowest BCUT2D eigenvalue weighted by Crippen LogP contribution is -2.43. The van der Waals surface area contributed by atoms with E-state index in [1.165, 1.54) is 5.56 Å². The van der Waals surface area contributed by atoms with Crippen LogP contribution in [0.4, 0.5) is 5.69 Å². The zero-order chi connectivity index (χ0) is 18.2. The quantitative estimate of drug-likeness (QED) is 0.276. The molecule has 1 aromatic carbocycles. The van der Waals surface area contributed by atoms with Crippen LogP contribution < -0.4 is 11.1 Å². The highest BCUT2D eigenvalue weighted by molar-refractivity contribution is 14.0. The Labute approximate surface area is 174 Å². The molecule has 0 saturated carbocycles. The first-order chi connectivity index (χ1) is 12.0. The number of halogens is 1. The fourth-order valence-electron chi connectivity index (χ4n) is 3.16. The van der Waals surface area contributed by atoms with Crippen LogP contribution in [0.3, 0.4) is 0 Å². The van der Waals surface area contributed by atoms with Gasteiger partial charge in [-0.2, -0.15) is 0 Å².